The molecule has 0 aliphatic rings. The van der Waals surface area contributed by atoms with E-state index in [1.807, 2.05) is 18.2 Å². The maximum absolute atomic E-state index is 9.47. The van der Waals surface area contributed by atoms with Crippen molar-refractivity contribution < 1.29 is 14.6 Å². The summed E-state index contributed by atoms with van der Waals surface area (Å²) in [5, 5.41) is 12.9. The third kappa shape index (κ3) is 5.56. The van der Waals surface area contributed by atoms with E-state index in [-0.39, 0.29) is 18.1 Å². The zero-order chi connectivity index (χ0) is 15.9. The Bertz CT molecular complexity index is 427. The van der Waals surface area contributed by atoms with Gasteiger partial charge in [0.25, 0.3) is 0 Å². The van der Waals surface area contributed by atoms with E-state index in [0.29, 0.717) is 13.2 Å². The van der Waals surface area contributed by atoms with E-state index in [2.05, 4.69) is 33.0 Å². The van der Waals surface area contributed by atoms with Crippen LogP contribution in [0, 0.1) is 5.41 Å². The van der Waals surface area contributed by atoms with Gasteiger partial charge in [-0.25, -0.2) is 0 Å². The minimum Gasteiger partial charge on any atom is -0.493 e. The summed E-state index contributed by atoms with van der Waals surface area (Å²) in [7, 11) is 1.65. The number of hydrogen-bond acceptors (Lipinski definition) is 4. The second-order valence-electron chi connectivity index (χ2n) is 6.32. The molecule has 0 saturated heterocycles. The lowest BCUT2D eigenvalue weighted by Crippen LogP contribution is -2.42. The number of methoxy groups -OCH3 is 1. The first-order chi connectivity index (χ1) is 9.92. The molecule has 1 atom stereocenters. The summed E-state index contributed by atoms with van der Waals surface area (Å²) in [6, 6.07) is 6.00. The fraction of sp³-hybridized carbons (Fsp3) is 0.647. The molecule has 1 aromatic rings. The highest BCUT2D eigenvalue weighted by Gasteiger charge is 2.23. The molecule has 0 unspecified atom stereocenters. The first kappa shape index (κ1) is 17.8. The van der Waals surface area contributed by atoms with Crippen molar-refractivity contribution in [3.63, 3.8) is 0 Å². The molecule has 1 aromatic carbocycles. The van der Waals surface area contributed by atoms with Crippen molar-refractivity contribution in [2.45, 2.75) is 46.7 Å². The quantitative estimate of drug-likeness (QED) is 0.774. The fourth-order valence-electron chi connectivity index (χ4n) is 2.04. The molecule has 0 aliphatic carbocycles. The lowest BCUT2D eigenvalue weighted by Gasteiger charge is -2.30. The van der Waals surface area contributed by atoms with E-state index in [4.69, 9.17) is 9.47 Å². The SMILES string of the molecule is CCCOc1ccc(CN[C@H](CO)C(C)(C)C)cc1OC. The number of nitrogens with one attached hydrogen (secondary N) is 1. The maximum Gasteiger partial charge on any atom is 0.161 e. The standard InChI is InChI=1S/C17H29NO3/c1-6-9-21-14-8-7-13(10-15(14)20-5)11-18-16(12-19)17(2,3)4/h7-8,10,16,18-19H,6,9,11-12H2,1-5H3/t16-/m1/s1. The number of hydrogen-bond donors (Lipinski definition) is 2. The zero-order valence-electron chi connectivity index (χ0n) is 13.9. The molecular weight excluding hydrogens is 266 g/mol. The van der Waals surface area contributed by atoms with Gasteiger partial charge >= 0.3 is 0 Å². The smallest absolute Gasteiger partial charge is 0.161 e. The van der Waals surface area contributed by atoms with Crippen LogP contribution in [0.5, 0.6) is 11.5 Å². The van der Waals surface area contributed by atoms with E-state index in [1.165, 1.54) is 0 Å². The lowest BCUT2D eigenvalue weighted by atomic mass is 9.87. The molecule has 0 amide bonds. The van der Waals surface area contributed by atoms with Crippen LogP contribution in [0.2, 0.25) is 0 Å². The van der Waals surface area contributed by atoms with E-state index >= 15 is 0 Å². The predicted molar refractivity (Wildman–Crippen MR) is 85.9 cm³/mol. The Labute approximate surface area is 128 Å². The number of benzene rings is 1. The summed E-state index contributed by atoms with van der Waals surface area (Å²) in [4.78, 5) is 0. The predicted octanol–water partition coefficient (Wildman–Crippen LogP) is 2.98. The molecule has 0 saturated carbocycles. The Balaban J connectivity index is 2.72. The van der Waals surface area contributed by atoms with Crippen LogP contribution >= 0.6 is 0 Å². The molecule has 120 valence electrons. The third-order valence-electron chi connectivity index (χ3n) is 3.47. The molecule has 4 nitrogen and oxygen atoms in total. The monoisotopic (exact) mass is 295 g/mol. The summed E-state index contributed by atoms with van der Waals surface area (Å²) in [6.07, 6.45) is 0.968. The highest BCUT2D eigenvalue weighted by atomic mass is 16.5. The molecule has 0 radical (unpaired) electrons. The second-order valence-corrected chi connectivity index (χ2v) is 6.32. The van der Waals surface area contributed by atoms with Gasteiger partial charge in [0, 0.05) is 12.6 Å². The summed E-state index contributed by atoms with van der Waals surface area (Å²) in [5.74, 6) is 1.52. The van der Waals surface area contributed by atoms with Gasteiger partial charge in [-0.2, -0.15) is 0 Å². The Kier molecular flexibility index (Phi) is 6.99. The first-order valence-corrected chi connectivity index (χ1v) is 7.56. The van der Waals surface area contributed by atoms with E-state index in [1.54, 1.807) is 7.11 Å². The van der Waals surface area contributed by atoms with Crippen LogP contribution in [0.4, 0.5) is 0 Å². The molecule has 21 heavy (non-hydrogen) atoms. The maximum atomic E-state index is 9.47. The number of rotatable bonds is 8. The molecule has 0 aliphatic heterocycles. The van der Waals surface area contributed by atoms with E-state index < -0.39 is 0 Å². The average molecular weight is 295 g/mol. The Morgan fingerprint density at radius 2 is 1.95 bits per heavy atom. The van der Waals surface area contributed by atoms with Crippen molar-refractivity contribution in [3.8, 4) is 11.5 Å². The van der Waals surface area contributed by atoms with Gasteiger partial charge in [-0.05, 0) is 29.5 Å². The molecule has 0 spiro atoms. The molecule has 0 heterocycles. The minimum absolute atomic E-state index is 0.0169. The zero-order valence-corrected chi connectivity index (χ0v) is 13.9. The van der Waals surface area contributed by atoms with Crippen molar-refractivity contribution in [2.24, 2.45) is 5.41 Å². The highest BCUT2D eigenvalue weighted by molar-refractivity contribution is 5.42. The Hall–Kier alpha value is -1.26. The van der Waals surface area contributed by atoms with Gasteiger partial charge in [0.2, 0.25) is 0 Å². The van der Waals surface area contributed by atoms with Crippen molar-refractivity contribution in [2.75, 3.05) is 20.3 Å². The number of aliphatic hydroxyl groups is 1. The largest absolute Gasteiger partial charge is 0.493 e. The van der Waals surface area contributed by atoms with Crippen molar-refractivity contribution >= 4 is 0 Å². The van der Waals surface area contributed by atoms with Crippen molar-refractivity contribution in [1.82, 2.24) is 5.32 Å². The van der Waals surface area contributed by atoms with Crippen LogP contribution in [-0.4, -0.2) is 31.5 Å². The van der Waals surface area contributed by atoms with Gasteiger partial charge in [0.1, 0.15) is 0 Å². The Morgan fingerprint density at radius 1 is 1.24 bits per heavy atom. The van der Waals surface area contributed by atoms with Gasteiger partial charge < -0.3 is 19.9 Å². The minimum atomic E-state index is 0.0169. The third-order valence-corrected chi connectivity index (χ3v) is 3.47. The second kappa shape index (κ2) is 8.25. The molecule has 4 heteroatoms. The first-order valence-electron chi connectivity index (χ1n) is 7.56. The van der Waals surface area contributed by atoms with Gasteiger partial charge in [-0.3, -0.25) is 0 Å². The van der Waals surface area contributed by atoms with Crippen LogP contribution in [0.3, 0.4) is 0 Å². The van der Waals surface area contributed by atoms with Crippen molar-refractivity contribution in [3.05, 3.63) is 23.8 Å². The normalized spacial score (nSPS) is 13.0. The molecular formula is C17H29NO3. The lowest BCUT2D eigenvalue weighted by molar-refractivity contribution is 0.158. The molecule has 0 aromatic heterocycles. The number of aliphatic hydroxyl groups excluding tert-OH is 1. The summed E-state index contributed by atoms with van der Waals surface area (Å²) < 4.78 is 11.0. The van der Waals surface area contributed by atoms with Gasteiger partial charge in [-0.15, -0.1) is 0 Å². The molecule has 0 fully saturated rings. The average Bonchev–Trinajstić information content (AvgIpc) is 2.44. The van der Waals surface area contributed by atoms with Crippen LogP contribution in [-0.2, 0) is 6.54 Å². The molecule has 1 rings (SSSR count). The van der Waals surface area contributed by atoms with Crippen LogP contribution in [0.1, 0.15) is 39.7 Å². The van der Waals surface area contributed by atoms with Crippen LogP contribution < -0.4 is 14.8 Å². The summed E-state index contributed by atoms with van der Waals surface area (Å²) >= 11 is 0. The number of ether oxygens (including phenoxy) is 2. The fourth-order valence-corrected chi connectivity index (χ4v) is 2.04. The van der Waals surface area contributed by atoms with E-state index in [9.17, 15) is 5.11 Å². The van der Waals surface area contributed by atoms with Gasteiger partial charge in [0.15, 0.2) is 11.5 Å². The topological polar surface area (TPSA) is 50.7 Å². The van der Waals surface area contributed by atoms with Gasteiger partial charge in [0.05, 0.1) is 20.3 Å². The van der Waals surface area contributed by atoms with Crippen molar-refractivity contribution in [1.29, 1.82) is 0 Å². The van der Waals surface area contributed by atoms with Crippen LogP contribution in [0.15, 0.2) is 18.2 Å². The highest BCUT2D eigenvalue weighted by Crippen LogP contribution is 2.28. The van der Waals surface area contributed by atoms with E-state index in [0.717, 1.165) is 23.5 Å². The Morgan fingerprint density at radius 3 is 2.48 bits per heavy atom. The van der Waals surface area contributed by atoms with Crippen LogP contribution in [0.25, 0.3) is 0 Å². The molecule has 2 N–H and O–H groups in total. The van der Waals surface area contributed by atoms with Gasteiger partial charge in [-0.1, -0.05) is 33.8 Å². The summed E-state index contributed by atoms with van der Waals surface area (Å²) in [6.45, 7) is 9.91. The molecule has 0 bridgehead atoms. The summed E-state index contributed by atoms with van der Waals surface area (Å²) in [5.41, 5.74) is 1.13.